The van der Waals surface area contributed by atoms with Crippen molar-refractivity contribution < 1.29 is 4.79 Å². The molecular formula is C26H22N6O2. The number of aromatic amines is 1. The molecule has 0 radical (unpaired) electrons. The summed E-state index contributed by atoms with van der Waals surface area (Å²) in [5.74, 6) is -0.633. The van der Waals surface area contributed by atoms with E-state index in [-0.39, 0.29) is 17.0 Å². The molecule has 0 spiro atoms. The lowest BCUT2D eigenvalue weighted by molar-refractivity contribution is 0.101. The molecule has 0 aliphatic carbocycles. The summed E-state index contributed by atoms with van der Waals surface area (Å²) in [6, 6.07) is 23.3. The van der Waals surface area contributed by atoms with E-state index in [1.165, 1.54) is 0 Å². The van der Waals surface area contributed by atoms with Crippen molar-refractivity contribution in [3.63, 3.8) is 0 Å². The van der Waals surface area contributed by atoms with Gasteiger partial charge < -0.3 is 10.3 Å². The predicted octanol–water partition coefficient (Wildman–Crippen LogP) is 4.10. The average Bonchev–Trinajstić information content (AvgIpc) is 3.25. The molecule has 0 saturated heterocycles. The molecule has 3 aromatic carbocycles. The Kier molecular flexibility index (Phi) is 5.47. The largest absolute Gasteiger partial charge is 0.319 e. The summed E-state index contributed by atoms with van der Waals surface area (Å²) in [5, 5.41) is 11.0. The van der Waals surface area contributed by atoms with Crippen LogP contribution in [0.15, 0.2) is 77.6 Å². The molecule has 5 aromatic rings. The van der Waals surface area contributed by atoms with Crippen LogP contribution in [-0.2, 0) is 6.54 Å². The second-order valence-corrected chi connectivity index (χ2v) is 8.13. The number of H-pyrrole nitrogens is 1. The molecule has 34 heavy (non-hydrogen) atoms. The minimum Gasteiger partial charge on any atom is -0.319 e. The monoisotopic (exact) mass is 450 g/mol. The topological polar surface area (TPSA) is 106 Å². The smallest absolute Gasteiger partial charge is 0.291 e. The number of aromatic nitrogens is 5. The first-order chi connectivity index (χ1) is 16.5. The number of anilines is 1. The van der Waals surface area contributed by atoms with Gasteiger partial charge in [0, 0.05) is 11.3 Å². The lowest BCUT2D eigenvalue weighted by Gasteiger charge is -2.11. The Hall–Kier alpha value is -4.59. The molecule has 5 rings (SSSR count). The molecule has 2 aromatic heterocycles. The van der Waals surface area contributed by atoms with Gasteiger partial charge in [-0.2, -0.15) is 0 Å². The van der Waals surface area contributed by atoms with Gasteiger partial charge in [-0.25, -0.2) is 9.67 Å². The Labute approximate surface area is 195 Å². The number of rotatable bonds is 5. The highest BCUT2D eigenvalue weighted by molar-refractivity contribution is 6.04. The van der Waals surface area contributed by atoms with Crippen molar-refractivity contribution in [3.05, 3.63) is 106 Å². The molecule has 8 nitrogen and oxygen atoms in total. The van der Waals surface area contributed by atoms with Gasteiger partial charge in [-0.1, -0.05) is 77.5 Å². The fourth-order valence-electron chi connectivity index (χ4n) is 3.86. The van der Waals surface area contributed by atoms with E-state index in [1.54, 1.807) is 4.68 Å². The van der Waals surface area contributed by atoms with E-state index in [2.05, 4.69) is 31.7 Å². The van der Waals surface area contributed by atoms with Crippen molar-refractivity contribution >= 4 is 22.8 Å². The van der Waals surface area contributed by atoms with Crippen molar-refractivity contribution in [2.45, 2.75) is 20.4 Å². The van der Waals surface area contributed by atoms with Gasteiger partial charge in [0.1, 0.15) is 0 Å². The average molecular weight is 451 g/mol. The number of aryl methyl sites for hydroxylation is 2. The van der Waals surface area contributed by atoms with Crippen LogP contribution in [0.4, 0.5) is 5.69 Å². The maximum Gasteiger partial charge on any atom is 0.291 e. The van der Waals surface area contributed by atoms with Crippen molar-refractivity contribution in [2.24, 2.45) is 0 Å². The van der Waals surface area contributed by atoms with Crippen LogP contribution in [0, 0.1) is 13.8 Å². The number of hydrogen-bond acceptors (Lipinski definition) is 5. The number of hydrogen-bond donors (Lipinski definition) is 2. The summed E-state index contributed by atoms with van der Waals surface area (Å²) in [5.41, 5.74) is 5.52. The first kappa shape index (κ1) is 21.3. The minimum atomic E-state index is -0.526. The minimum absolute atomic E-state index is 0.0894. The van der Waals surface area contributed by atoms with Gasteiger partial charge in [-0.05, 0) is 36.6 Å². The highest BCUT2D eigenvalue weighted by Crippen LogP contribution is 2.27. The molecule has 2 heterocycles. The molecule has 2 N–H and O–H groups in total. The fourth-order valence-corrected chi connectivity index (χ4v) is 3.86. The summed E-state index contributed by atoms with van der Waals surface area (Å²) in [7, 11) is 0. The van der Waals surface area contributed by atoms with Gasteiger partial charge in [0.05, 0.1) is 6.54 Å². The zero-order valence-electron chi connectivity index (χ0n) is 18.7. The van der Waals surface area contributed by atoms with E-state index < -0.39 is 11.5 Å². The van der Waals surface area contributed by atoms with Crippen LogP contribution in [0.25, 0.3) is 22.3 Å². The van der Waals surface area contributed by atoms with Crippen molar-refractivity contribution in [3.8, 4) is 11.1 Å². The zero-order valence-corrected chi connectivity index (χ0v) is 18.7. The standard InChI is InChI=1S/C26H22N6O2/c1-16-12-13-17(2)19(14-16)15-32-24-22(30-31-32)25(33)29-23(28-24)26(34)27-21-11-7-6-10-20(21)18-8-4-3-5-9-18/h3-14H,15H2,1-2H3,(H,27,34)(H,28,29,33). The maximum absolute atomic E-state index is 13.1. The third-order valence-electron chi connectivity index (χ3n) is 5.67. The van der Waals surface area contributed by atoms with Gasteiger partial charge in [-0.3, -0.25) is 9.59 Å². The number of fused-ring (bicyclic) bond motifs is 1. The first-order valence-corrected chi connectivity index (χ1v) is 10.8. The molecule has 168 valence electrons. The SMILES string of the molecule is Cc1ccc(C)c(Cn2nnc3c(=O)[nH]c(C(=O)Nc4ccccc4-c4ccccc4)nc32)c1. The lowest BCUT2D eigenvalue weighted by atomic mass is 10.0. The van der Waals surface area contributed by atoms with Crippen LogP contribution < -0.4 is 10.9 Å². The summed E-state index contributed by atoms with van der Waals surface area (Å²) >= 11 is 0. The second kappa shape index (κ2) is 8.74. The first-order valence-electron chi connectivity index (χ1n) is 10.8. The van der Waals surface area contributed by atoms with Gasteiger partial charge in [0.25, 0.3) is 11.5 Å². The summed E-state index contributed by atoms with van der Waals surface area (Å²) < 4.78 is 1.54. The second-order valence-electron chi connectivity index (χ2n) is 8.13. The van der Waals surface area contributed by atoms with E-state index >= 15 is 0 Å². The highest BCUT2D eigenvalue weighted by Gasteiger charge is 2.18. The number of nitrogens with one attached hydrogen (secondary N) is 2. The number of carbonyl (C=O) groups is 1. The molecule has 0 aliphatic rings. The molecule has 0 saturated carbocycles. The van der Waals surface area contributed by atoms with E-state index in [9.17, 15) is 9.59 Å². The van der Waals surface area contributed by atoms with Crippen LogP contribution in [0.1, 0.15) is 27.3 Å². The Morgan fingerprint density at radius 1 is 1.00 bits per heavy atom. The fraction of sp³-hybridized carbons (Fsp3) is 0.115. The zero-order chi connectivity index (χ0) is 23.7. The lowest BCUT2D eigenvalue weighted by Crippen LogP contribution is -2.22. The number of amides is 1. The van der Waals surface area contributed by atoms with Crippen LogP contribution in [-0.4, -0.2) is 30.9 Å². The molecule has 0 fully saturated rings. The van der Waals surface area contributed by atoms with Gasteiger partial charge >= 0.3 is 0 Å². The normalized spacial score (nSPS) is 11.0. The van der Waals surface area contributed by atoms with Crippen LogP contribution in [0.3, 0.4) is 0 Å². The quantitative estimate of drug-likeness (QED) is 0.419. The van der Waals surface area contributed by atoms with E-state index in [0.717, 1.165) is 27.8 Å². The van der Waals surface area contributed by atoms with Crippen LogP contribution in [0.2, 0.25) is 0 Å². The summed E-state index contributed by atoms with van der Waals surface area (Å²) in [6.45, 7) is 4.41. The molecule has 8 heteroatoms. The number of nitrogens with zero attached hydrogens (tertiary/aromatic N) is 4. The molecule has 1 amide bonds. The maximum atomic E-state index is 13.1. The Balaban J connectivity index is 1.49. The Morgan fingerprint density at radius 3 is 2.59 bits per heavy atom. The molecular weight excluding hydrogens is 428 g/mol. The van der Waals surface area contributed by atoms with E-state index in [4.69, 9.17) is 0 Å². The van der Waals surface area contributed by atoms with Crippen molar-refractivity contribution in [1.29, 1.82) is 0 Å². The molecule has 0 bridgehead atoms. The molecule has 0 unspecified atom stereocenters. The Morgan fingerprint density at radius 2 is 1.76 bits per heavy atom. The number of carbonyl (C=O) groups excluding carboxylic acids is 1. The third kappa shape index (κ3) is 4.09. The Bertz CT molecular complexity index is 1570. The van der Waals surface area contributed by atoms with Crippen molar-refractivity contribution in [2.75, 3.05) is 5.32 Å². The van der Waals surface area contributed by atoms with Gasteiger partial charge in [-0.15, -0.1) is 5.10 Å². The predicted molar refractivity (Wildman–Crippen MR) is 131 cm³/mol. The van der Waals surface area contributed by atoms with E-state index in [0.29, 0.717) is 12.2 Å². The van der Waals surface area contributed by atoms with Gasteiger partial charge in [0.15, 0.2) is 11.2 Å². The van der Waals surface area contributed by atoms with Crippen molar-refractivity contribution in [1.82, 2.24) is 25.0 Å². The molecule has 0 atom stereocenters. The van der Waals surface area contributed by atoms with Gasteiger partial charge in [0.2, 0.25) is 5.82 Å². The van der Waals surface area contributed by atoms with Crippen LogP contribution in [0.5, 0.6) is 0 Å². The van der Waals surface area contributed by atoms with Crippen LogP contribution >= 0.6 is 0 Å². The summed E-state index contributed by atoms with van der Waals surface area (Å²) in [6.07, 6.45) is 0. The third-order valence-corrected chi connectivity index (χ3v) is 5.67. The highest BCUT2D eigenvalue weighted by atomic mass is 16.2. The summed E-state index contributed by atoms with van der Waals surface area (Å²) in [4.78, 5) is 32.7. The van der Waals surface area contributed by atoms with E-state index in [1.807, 2.05) is 80.6 Å². The number of para-hydroxylation sites is 1. The number of benzene rings is 3. The molecule has 0 aliphatic heterocycles.